The first-order valence-electron chi connectivity index (χ1n) is 9.81. The Labute approximate surface area is 155 Å². The van der Waals surface area contributed by atoms with Crippen molar-refractivity contribution in [2.24, 2.45) is 11.3 Å². The van der Waals surface area contributed by atoms with E-state index in [-0.39, 0.29) is 17.2 Å². The predicted octanol–water partition coefficient (Wildman–Crippen LogP) is 3.18. The van der Waals surface area contributed by atoms with Gasteiger partial charge in [-0.15, -0.1) is 0 Å². The smallest absolute Gasteiger partial charge is 0.276 e. The summed E-state index contributed by atoms with van der Waals surface area (Å²) in [5.74, 6) is 1.93. The monoisotopic (exact) mass is 361 g/mol. The maximum absolute atomic E-state index is 12.9. The van der Waals surface area contributed by atoms with Crippen molar-refractivity contribution in [3.63, 3.8) is 0 Å². The van der Waals surface area contributed by atoms with E-state index in [4.69, 9.17) is 4.42 Å². The van der Waals surface area contributed by atoms with Gasteiger partial charge in [0.2, 0.25) is 5.91 Å². The molecule has 1 spiro atoms. The lowest BCUT2D eigenvalue weighted by Crippen LogP contribution is -2.55. The van der Waals surface area contributed by atoms with E-state index in [1.807, 2.05) is 9.80 Å². The molecule has 0 aromatic carbocycles. The van der Waals surface area contributed by atoms with Crippen LogP contribution in [-0.2, 0) is 4.79 Å². The highest BCUT2D eigenvalue weighted by Gasteiger charge is 2.43. The number of aromatic nitrogens is 1. The van der Waals surface area contributed by atoms with Crippen LogP contribution in [-0.4, -0.2) is 52.8 Å². The Morgan fingerprint density at radius 3 is 2.69 bits per heavy atom. The number of piperidine rings is 2. The van der Waals surface area contributed by atoms with E-state index in [0.717, 1.165) is 45.3 Å². The zero-order valence-corrected chi connectivity index (χ0v) is 16.5. The minimum absolute atomic E-state index is 0.0332. The van der Waals surface area contributed by atoms with Crippen molar-refractivity contribution in [2.75, 3.05) is 26.2 Å². The van der Waals surface area contributed by atoms with Crippen LogP contribution >= 0.6 is 0 Å². The highest BCUT2D eigenvalue weighted by atomic mass is 16.4. The molecule has 2 saturated heterocycles. The number of oxazole rings is 1. The molecule has 1 aromatic heterocycles. The summed E-state index contributed by atoms with van der Waals surface area (Å²) in [5, 5.41) is 0. The third-order valence-corrected chi connectivity index (χ3v) is 5.78. The van der Waals surface area contributed by atoms with Crippen molar-refractivity contribution in [3.05, 3.63) is 17.3 Å². The molecule has 2 fully saturated rings. The average molecular weight is 361 g/mol. The van der Waals surface area contributed by atoms with Crippen molar-refractivity contribution < 1.29 is 14.0 Å². The number of amides is 2. The molecule has 2 aliphatic heterocycles. The van der Waals surface area contributed by atoms with Crippen LogP contribution in [0.4, 0.5) is 0 Å². The molecule has 1 atom stereocenters. The number of hydrogen-bond acceptors (Lipinski definition) is 4. The molecule has 2 amide bonds. The standard InChI is InChI=1S/C20H31N3O3/c1-14(2)7-11-22-12-20(9-6-17(22)24)8-5-10-23(13-20)19(25)18-15(3)26-16(4)21-18/h14H,5-13H2,1-4H3/t20-/m1/s1. The van der Waals surface area contributed by atoms with E-state index in [2.05, 4.69) is 18.8 Å². The Morgan fingerprint density at radius 2 is 2.04 bits per heavy atom. The molecule has 0 radical (unpaired) electrons. The lowest BCUT2D eigenvalue weighted by atomic mass is 9.73. The lowest BCUT2D eigenvalue weighted by Gasteiger charge is -2.48. The van der Waals surface area contributed by atoms with Crippen LogP contribution in [0.25, 0.3) is 0 Å². The van der Waals surface area contributed by atoms with Gasteiger partial charge >= 0.3 is 0 Å². The number of carbonyl (C=O) groups excluding carboxylic acids is 2. The quantitative estimate of drug-likeness (QED) is 0.826. The summed E-state index contributed by atoms with van der Waals surface area (Å²) < 4.78 is 5.44. The zero-order chi connectivity index (χ0) is 18.9. The van der Waals surface area contributed by atoms with Gasteiger partial charge in [0.25, 0.3) is 5.91 Å². The SMILES string of the molecule is Cc1nc(C(=O)N2CCC[C@]3(CCC(=O)N(CCC(C)C)C3)C2)c(C)o1. The molecule has 0 saturated carbocycles. The normalized spacial score (nSPS) is 24.0. The van der Waals surface area contributed by atoms with Crippen molar-refractivity contribution in [1.29, 1.82) is 0 Å². The van der Waals surface area contributed by atoms with E-state index in [1.165, 1.54) is 0 Å². The molecule has 144 valence electrons. The summed E-state index contributed by atoms with van der Waals surface area (Å²) in [6.45, 7) is 11.0. The number of nitrogens with zero attached hydrogens (tertiary/aromatic N) is 3. The van der Waals surface area contributed by atoms with Crippen LogP contribution < -0.4 is 0 Å². The van der Waals surface area contributed by atoms with Crippen molar-refractivity contribution in [2.45, 2.75) is 59.8 Å². The van der Waals surface area contributed by atoms with Gasteiger partial charge in [0.05, 0.1) is 0 Å². The summed E-state index contributed by atoms with van der Waals surface area (Å²) >= 11 is 0. The Kier molecular flexibility index (Phi) is 5.39. The highest BCUT2D eigenvalue weighted by molar-refractivity contribution is 5.93. The molecule has 6 nitrogen and oxygen atoms in total. The minimum atomic E-state index is -0.0379. The molecule has 3 rings (SSSR count). The Hall–Kier alpha value is -1.85. The van der Waals surface area contributed by atoms with Crippen LogP contribution in [0.3, 0.4) is 0 Å². The lowest BCUT2D eigenvalue weighted by molar-refractivity contribution is -0.139. The summed E-state index contributed by atoms with van der Waals surface area (Å²) in [7, 11) is 0. The molecule has 0 aliphatic carbocycles. The first-order valence-corrected chi connectivity index (χ1v) is 9.81. The van der Waals surface area contributed by atoms with Crippen molar-refractivity contribution in [3.8, 4) is 0 Å². The largest absolute Gasteiger partial charge is 0.445 e. The topological polar surface area (TPSA) is 66.7 Å². The number of likely N-dealkylation sites (tertiary alicyclic amines) is 2. The Bertz CT molecular complexity index is 682. The molecule has 6 heteroatoms. The number of carbonyl (C=O) groups is 2. The zero-order valence-electron chi connectivity index (χ0n) is 16.5. The fourth-order valence-electron chi connectivity index (χ4n) is 4.31. The third-order valence-electron chi connectivity index (χ3n) is 5.78. The maximum Gasteiger partial charge on any atom is 0.276 e. The second-order valence-electron chi connectivity index (χ2n) is 8.47. The van der Waals surface area contributed by atoms with Crippen LogP contribution in [0.5, 0.6) is 0 Å². The van der Waals surface area contributed by atoms with E-state index >= 15 is 0 Å². The summed E-state index contributed by atoms with van der Waals surface area (Å²) in [4.78, 5) is 33.5. The van der Waals surface area contributed by atoms with E-state index in [9.17, 15) is 9.59 Å². The first-order chi connectivity index (χ1) is 12.3. The van der Waals surface area contributed by atoms with Gasteiger partial charge in [0.1, 0.15) is 5.76 Å². The van der Waals surface area contributed by atoms with Gasteiger partial charge in [-0.1, -0.05) is 13.8 Å². The van der Waals surface area contributed by atoms with Crippen LogP contribution in [0.2, 0.25) is 0 Å². The molecule has 26 heavy (non-hydrogen) atoms. The highest BCUT2D eigenvalue weighted by Crippen LogP contribution is 2.39. The second-order valence-corrected chi connectivity index (χ2v) is 8.47. The summed E-state index contributed by atoms with van der Waals surface area (Å²) in [6.07, 6.45) is 4.57. The van der Waals surface area contributed by atoms with Gasteiger partial charge in [0.15, 0.2) is 11.6 Å². The fraction of sp³-hybridized carbons (Fsp3) is 0.750. The van der Waals surface area contributed by atoms with E-state index in [0.29, 0.717) is 36.2 Å². The molecule has 3 heterocycles. The van der Waals surface area contributed by atoms with Gasteiger partial charge in [-0.3, -0.25) is 9.59 Å². The van der Waals surface area contributed by atoms with Crippen LogP contribution in [0.15, 0.2) is 4.42 Å². The predicted molar refractivity (Wildman–Crippen MR) is 98.8 cm³/mol. The number of aryl methyl sites for hydroxylation is 2. The van der Waals surface area contributed by atoms with Gasteiger partial charge in [-0.25, -0.2) is 4.98 Å². The Morgan fingerprint density at radius 1 is 1.27 bits per heavy atom. The second kappa shape index (κ2) is 7.41. The number of hydrogen-bond donors (Lipinski definition) is 0. The third kappa shape index (κ3) is 3.94. The average Bonchev–Trinajstić information content (AvgIpc) is 2.93. The van der Waals surface area contributed by atoms with Crippen LogP contribution in [0.1, 0.15) is 68.1 Å². The van der Waals surface area contributed by atoms with Crippen molar-refractivity contribution in [1.82, 2.24) is 14.8 Å². The summed E-state index contributed by atoms with van der Waals surface area (Å²) in [6, 6.07) is 0. The summed E-state index contributed by atoms with van der Waals surface area (Å²) in [5.41, 5.74) is 0.467. The Balaban J connectivity index is 1.71. The molecular formula is C20H31N3O3. The van der Waals surface area contributed by atoms with Gasteiger partial charge < -0.3 is 14.2 Å². The number of rotatable bonds is 4. The van der Waals surface area contributed by atoms with E-state index in [1.54, 1.807) is 13.8 Å². The first kappa shape index (κ1) is 18.9. The van der Waals surface area contributed by atoms with Gasteiger partial charge in [0, 0.05) is 44.9 Å². The maximum atomic E-state index is 12.9. The molecule has 0 bridgehead atoms. The van der Waals surface area contributed by atoms with Gasteiger partial charge in [-0.05, 0) is 38.5 Å². The molecule has 0 N–H and O–H groups in total. The molecule has 2 aliphatic rings. The molecular weight excluding hydrogens is 330 g/mol. The minimum Gasteiger partial charge on any atom is -0.445 e. The van der Waals surface area contributed by atoms with Crippen LogP contribution in [0, 0.1) is 25.2 Å². The molecule has 0 unspecified atom stereocenters. The molecule has 1 aromatic rings. The van der Waals surface area contributed by atoms with Gasteiger partial charge in [-0.2, -0.15) is 0 Å². The van der Waals surface area contributed by atoms with Crippen molar-refractivity contribution >= 4 is 11.8 Å². The fourth-order valence-corrected chi connectivity index (χ4v) is 4.31. The van der Waals surface area contributed by atoms with E-state index < -0.39 is 0 Å².